The SMILES string of the molecule is O=C(O)c1ccc2c(C3CCCCC3)c3n(c2c1)CCN(CC(=O)N1CCCCCCCC1)c1ccccc1-3. The van der Waals surface area contributed by atoms with E-state index in [0.717, 1.165) is 50.2 Å². The number of hydrogen-bond donors (Lipinski definition) is 1. The van der Waals surface area contributed by atoms with Gasteiger partial charge in [0.15, 0.2) is 0 Å². The van der Waals surface area contributed by atoms with E-state index in [1.807, 2.05) is 12.1 Å². The van der Waals surface area contributed by atoms with Gasteiger partial charge in [-0.1, -0.05) is 69.2 Å². The first kappa shape index (κ1) is 26.0. The molecule has 0 unspecified atom stereocenters. The molecule has 6 heteroatoms. The van der Waals surface area contributed by atoms with Gasteiger partial charge in [0.2, 0.25) is 5.91 Å². The van der Waals surface area contributed by atoms with Gasteiger partial charge in [-0.25, -0.2) is 4.79 Å². The van der Waals surface area contributed by atoms with Gasteiger partial charge in [0, 0.05) is 48.3 Å². The molecule has 1 aromatic heterocycles. The topological polar surface area (TPSA) is 65.8 Å². The van der Waals surface area contributed by atoms with Gasteiger partial charge < -0.3 is 19.5 Å². The minimum absolute atomic E-state index is 0.226. The number of carbonyl (C=O) groups is 2. The van der Waals surface area contributed by atoms with Crippen LogP contribution in [0.15, 0.2) is 42.5 Å². The molecule has 0 radical (unpaired) electrons. The highest BCUT2D eigenvalue weighted by Crippen LogP contribution is 2.47. The number of para-hydroxylation sites is 1. The van der Waals surface area contributed by atoms with Crippen molar-refractivity contribution < 1.29 is 14.7 Å². The number of hydrogen-bond acceptors (Lipinski definition) is 3. The zero-order valence-corrected chi connectivity index (χ0v) is 23.0. The lowest BCUT2D eigenvalue weighted by Gasteiger charge is -2.29. The maximum absolute atomic E-state index is 13.6. The molecule has 3 aromatic rings. The molecule has 6 nitrogen and oxygen atoms in total. The van der Waals surface area contributed by atoms with Crippen LogP contribution in [0.1, 0.15) is 92.5 Å². The van der Waals surface area contributed by atoms with Crippen LogP contribution < -0.4 is 4.90 Å². The first-order valence-corrected chi connectivity index (χ1v) is 15.1. The quantitative estimate of drug-likeness (QED) is 0.395. The Hall–Kier alpha value is -3.28. The molecule has 206 valence electrons. The van der Waals surface area contributed by atoms with Crippen molar-refractivity contribution in [2.75, 3.05) is 31.1 Å². The maximum atomic E-state index is 13.6. The van der Waals surface area contributed by atoms with E-state index in [1.54, 1.807) is 6.07 Å². The van der Waals surface area contributed by atoms with Gasteiger partial charge in [-0.05, 0) is 55.4 Å². The van der Waals surface area contributed by atoms with Crippen LogP contribution in [0.25, 0.3) is 22.2 Å². The van der Waals surface area contributed by atoms with Crippen molar-refractivity contribution in [2.24, 2.45) is 0 Å². The normalized spacial score (nSPS) is 19.0. The van der Waals surface area contributed by atoms with Crippen LogP contribution in [0.4, 0.5) is 5.69 Å². The van der Waals surface area contributed by atoms with E-state index in [9.17, 15) is 14.7 Å². The Morgan fingerprint density at radius 1 is 0.795 bits per heavy atom. The molecule has 1 N–H and O–H groups in total. The zero-order valence-electron chi connectivity index (χ0n) is 23.0. The van der Waals surface area contributed by atoms with Crippen LogP contribution in [0.3, 0.4) is 0 Å². The molecule has 1 aliphatic carbocycles. The van der Waals surface area contributed by atoms with E-state index in [4.69, 9.17) is 0 Å². The lowest BCUT2D eigenvalue weighted by molar-refractivity contribution is -0.129. The van der Waals surface area contributed by atoms with Crippen LogP contribution in [0.5, 0.6) is 0 Å². The summed E-state index contributed by atoms with van der Waals surface area (Å²) in [7, 11) is 0. The summed E-state index contributed by atoms with van der Waals surface area (Å²) in [5, 5.41) is 11.0. The molecule has 0 bridgehead atoms. The van der Waals surface area contributed by atoms with Crippen molar-refractivity contribution >= 4 is 28.5 Å². The molecule has 3 heterocycles. The molecule has 0 atom stereocenters. The van der Waals surface area contributed by atoms with Crippen molar-refractivity contribution in [3.63, 3.8) is 0 Å². The highest BCUT2D eigenvalue weighted by molar-refractivity contribution is 6.00. The minimum Gasteiger partial charge on any atom is -0.478 e. The highest BCUT2D eigenvalue weighted by atomic mass is 16.4. The Labute approximate surface area is 231 Å². The number of carboxylic acids is 1. The first-order chi connectivity index (χ1) is 19.1. The van der Waals surface area contributed by atoms with Crippen molar-refractivity contribution in [3.05, 3.63) is 53.6 Å². The smallest absolute Gasteiger partial charge is 0.335 e. The number of nitrogens with zero attached hydrogens (tertiary/aromatic N) is 3. The number of fused-ring (bicyclic) bond motifs is 5. The van der Waals surface area contributed by atoms with Crippen LogP contribution in [0, 0.1) is 0 Å². The number of benzene rings is 2. The molecular weight excluding hydrogens is 486 g/mol. The second-order valence-electron chi connectivity index (χ2n) is 11.7. The van der Waals surface area contributed by atoms with Crippen molar-refractivity contribution in [2.45, 2.75) is 83.1 Å². The summed E-state index contributed by atoms with van der Waals surface area (Å²) in [6.45, 7) is 3.56. The lowest BCUT2D eigenvalue weighted by Crippen LogP contribution is -2.42. The molecule has 1 amide bonds. The summed E-state index contributed by atoms with van der Waals surface area (Å²) < 4.78 is 2.36. The van der Waals surface area contributed by atoms with Gasteiger partial charge in [0.1, 0.15) is 0 Å². The van der Waals surface area contributed by atoms with Crippen LogP contribution in [-0.4, -0.2) is 52.6 Å². The van der Waals surface area contributed by atoms with Crippen molar-refractivity contribution in [1.82, 2.24) is 9.47 Å². The fraction of sp³-hybridized carbons (Fsp3) is 0.515. The zero-order chi connectivity index (χ0) is 26.8. The van der Waals surface area contributed by atoms with Crippen LogP contribution in [0.2, 0.25) is 0 Å². The van der Waals surface area contributed by atoms with Gasteiger partial charge in [0.05, 0.1) is 17.8 Å². The number of aromatic nitrogens is 1. The summed E-state index contributed by atoms with van der Waals surface area (Å²) in [5.74, 6) is -0.194. The lowest BCUT2D eigenvalue weighted by atomic mass is 9.81. The summed E-state index contributed by atoms with van der Waals surface area (Å²) in [6.07, 6.45) is 13.3. The monoisotopic (exact) mass is 527 g/mol. The third kappa shape index (κ3) is 5.18. The number of carbonyl (C=O) groups excluding carboxylic acids is 1. The van der Waals surface area contributed by atoms with Gasteiger partial charge in [0.25, 0.3) is 0 Å². The summed E-state index contributed by atoms with van der Waals surface area (Å²) in [6, 6.07) is 14.2. The predicted molar refractivity (Wildman–Crippen MR) is 157 cm³/mol. The molecule has 39 heavy (non-hydrogen) atoms. The highest BCUT2D eigenvalue weighted by Gasteiger charge is 2.31. The summed E-state index contributed by atoms with van der Waals surface area (Å²) in [4.78, 5) is 29.9. The average molecular weight is 528 g/mol. The fourth-order valence-electron chi connectivity index (χ4n) is 7.23. The summed E-state index contributed by atoms with van der Waals surface area (Å²) in [5.41, 5.74) is 6.23. The van der Waals surface area contributed by atoms with E-state index in [0.29, 0.717) is 18.0 Å². The molecule has 1 saturated carbocycles. The Kier molecular flexibility index (Phi) is 7.62. The Balaban J connectivity index is 1.41. The molecule has 2 aliphatic heterocycles. The van der Waals surface area contributed by atoms with E-state index in [2.05, 4.69) is 38.6 Å². The van der Waals surface area contributed by atoms with Crippen molar-refractivity contribution in [3.8, 4) is 11.3 Å². The largest absolute Gasteiger partial charge is 0.478 e. The molecular formula is C33H41N3O3. The average Bonchev–Trinajstić information content (AvgIpc) is 3.28. The number of rotatable bonds is 4. The van der Waals surface area contributed by atoms with E-state index in [-0.39, 0.29) is 5.91 Å². The summed E-state index contributed by atoms with van der Waals surface area (Å²) >= 11 is 0. The number of carboxylic acid groups (broad SMARTS) is 1. The predicted octanol–water partition coefficient (Wildman–Crippen LogP) is 7.06. The minimum atomic E-state index is -0.892. The number of anilines is 1. The number of aromatic carboxylic acids is 1. The van der Waals surface area contributed by atoms with Gasteiger partial charge in [-0.3, -0.25) is 4.79 Å². The molecule has 1 saturated heterocycles. The van der Waals surface area contributed by atoms with E-state index < -0.39 is 5.97 Å². The fourth-order valence-corrected chi connectivity index (χ4v) is 7.23. The molecule has 2 aromatic carbocycles. The maximum Gasteiger partial charge on any atom is 0.335 e. The second-order valence-corrected chi connectivity index (χ2v) is 11.7. The standard InChI is InChI=1S/C33H41N3O3/c37-30(34-18-10-3-1-2-4-11-19-34)23-35-20-21-36-29-22-25(33(38)39)16-17-26(29)31(24-12-6-5-7-13-24)32(36)27-14-8-9-15-28(27)35/h8-9,14-17,22,24H,1-7,10-13,18-21,23H2,(H,38,39). The third-order valence-electron chi connectivity index (χ3n) is 9.24. The van der Waals surface area contributed by atoms with E-state index in [1.165, 1.54) is 80.0 Å². The van der Waals surface area contributed by atoms with Crippen LogP contribution in [-0.2, 0) is 11.3 Å². The van der Waals surface area contributed by atoms with Gasteiger partial charge in [-0.2, -0.15) is 0 Å². The van der Waals surface area contributed by atoms with Gasteiger partial charge >= 0.3 is 5.97 Å². The number of amides is 1. The van der Waals surface area contributed by atoms with E-state index >= 15 is 0 Å². The Bertz CT molecular complexity index is 1340. The molecule has 6 rings (SSSR count). The second kappa shape index (κ2) is 11.4. The molecule has 0 spiro atoms. The Morgan fingerprint density at radius 3 is 2.23 bits per heavy atom. The first-order valence-electron chi connectivity index (χ1n) is 15.1. The third-order valence-corrected chi connectivity index (χ3v) is 9.24. The van der Waals surface area contributed by atoms with Crippen molar-refractivity contribution in [1.29, 1.82) is 0 Å². The molecule has 3 aliphatic rings. The molecule has 2 fully saturated rings. The van der Waals surface area contributed by atoms with Crippen LogP contribution >= 0.6 is 0 Å². The van der Waals surface area contributed by atoms with Gasteiger partial charge in [-0.15, -0.1) is 0 Å². The Morgan fingerprint density at radius 2 is 1.49 bits per heavy atom.